The van der Waals surface area contributed by atoms with Crippen LogP contribution in [-0.2, 0) is 0 Å². The third-order valence-electron chi connectivity index (χ3n) is 3.98. The van der Waals surface area contributed by atoms with Crippen LogP contribution >= 0.6 is 0 Å². The molecule has 0 aromatic carbocycles. The second-order valence-electron chi connectivity index (χ2n) is 4.69. The monoisotopic (exact) mass is 184 g/mol. The Kier molecular flexibility index (Phi) is 3.82. The van der Waals surface area contributed by atoms with E-state index in [1.54, 1.807) is 0 Å². The van der Waals surface area contributed by atoms with Crippen molar-refractivity contribution in [2.75, 3.05) is 0 Å². The molecule has 12 heavy (non-hydrogen) atoms. The molecule has 0 aromatic rings. The van der Waals surface area contributed by atoms with Gasteiger partial charge >= 0.3 is 0 Å². The fourth-order valence-electron chi connectivity index (χ4n) is 3.23. The molecule has 72 valence electrons. The van der Waals surface area contributed by atoms with Crippen molar-refractivity contribution in [3.63, 3.8) is 0 Å². The van der Waals surface area contributed by atoms with Crippen molar-refractivity contribution in [2.45, 2.75) is 58.2 Å². The van der Waals surface area contributed by atoms with Gasteiger partial charge in [-0.3, -0.25) is 0 Å². The van der Waals surface area contributed by atoms with E-state index in [0.29, 0.717) is 0 Å². The molecule has 0 heterocycles. The first-order valence-corrected chi connectivity index (χ1v) is 8.00. The summed E-state index contributed by atoms with van der Waals surface area (Å²) in [6.45, 7) is 9.80. The van der Waals surface area contributed by atoms with E-state index in [1.165, 1.54) is 30.5 Å². The summed E-state index contributed by atoms with van der Waals surface area (Å²) in [7, 11) is -0.360. The Bertz CT molecular complexity index is 119. The van der Waals surface area contributed by atoms with Gasteiger partial charge in [-0.15, -0.1) is 0 Å². The summed E-state index contributed by atoms with van der Waals surface area (Å²) in [5.41, 5.74) is 1.17. The standard InChI is InChI=1S/C11H24Si/c1-5-12(6-2)11-9(3)7-8-10(11)4/h9-12H,5-8H2,1-4H3. The average molecular weight is 184 g/mol. The topological polar surface area (TPSA) is 0 Å². The molecule has 2 unspecified atom stereocenters. The Morgan fingerprint density at radius 2 is 1.42 bits per heavy atom. The number of rotatable bonds is 3. The largest absolute Gasteiger partial charge is 0.0680 e. The quantitative estimate of drug-likeness (QED) is 0.587. The molecule has 0 N–H and O–H groups in total. The van der Waals surface area contributed by atoms with Gasteiger partial charge in [-0.25, -0.2) is 0 Å². The zero-order valence-corrected chi connectivity index (χ0v) is 10.3. The third-order valence-corrected chi connectivity index (χ3v) is 8.48. The van der Waals surface area contributed by atoms with Crippen LogP contribution in [-0.4, -0.2) is 8.80 Å². The smallest absolute Gasteiger partial charge is 0.0399 e. The normalized spacial score (nSPS) is 36.2. The summed E-state index contributed by atoms with van der Waals surface area (Å²) in [5, 5.41) is 0. The Morgan fingerprint density at radius 1 is 1.00 bits per heavy atom. The van der Waals surface area contributed by atoms with Crippen LogP contribution in [0.5, 0.6) is 0 Å². The third kappa shape index (κ3) is 1.93. The van der Waals surface area contributed by atoms with Gasteiger partial charge in [-0.2, -0.15) is 0 Å². The Hall–Kier alpha value is 0.217. The maximum atomic E-state index is 2.49. The number of hydrogen-bond donors (Lipinski definition) is 0. The van der Waals surface area contributed by atoms with Crippen molar-refractivity contribution in [1.82, 2.24) is 0 Å². The van der Waals surface area contributed by atoms with Gasteiger partial charge in [0.05, 0.1) is 0 Å². The van der Waals surface area contributed by atoms with E-state index in [4.69, 9.17) is 0 Å². The molecule has 0 nitrogen and oxygen atoms in total. The first-order valence-electron chi connectivity index (χ1n) is 5.70. The Morgan fingerprint density at radius 3 is 1.75 bits per heavy atom. The zero-order valence-electron chi connectivity index (χ0n) is 9.14. The van der Waals surface area contributed by atoms with Crippen LogP contribution < -0.4 is 0 Å². The number of hydrogen-bond acceptors (Lipinski definition) is 0. The highest BCUT2D eigenvalue weighted by atomic mass is 28.3. The average Bonchev–Trinajstić information content (AvgIpc) is 2.38. The second kappa shape index (κ2) is 4.45. The van der Waals surface area contributed by atoms with Crippen molar-refractivity contribution in [2.24, 2.45) is 11.8 Å². The summed E-state index contributed by atoms with van der Waals surface area (Å²) in [6.07, 6.45) is 3.02. The highest BCUT2D eigenvalue weighted by Crippen LogP contribution is 2.44. The summed E-state index contributed by atoms with van der Waals surface area (Å²) in [6, 6.07) is 3.05. The van der Waals surface area contributed by atoms with Gasteiger partial charge in [-0.05, 0) is 17.4 Å². The van der Waals surface area contributed by atoms with Crippen LogP contribution in [0.1, 0.15) is 40.5 Å². The lowest BCUT2D eigenvalue weighted by Crippen LogP contribution is -2.24. The minimum Gasteiger partial charge on any atom is -0.0680 e. The van der Waals surface area contributed by atoms with E-state index in [1.807, 2.05) is 0 Å². The van der Waals surface area contributed by atoms with Gasteiger partial charge in [0.2, 0.25) is 0 Å². The van der Waals surface area contributed by atoms with Crippen LogP contribution in [0.2, 0.25) is 17.6 Å². The summed E-state index contributed by atoms with van der Waals surface area (Å²) >= 11 is 0. The van der Waals surface area contributed by atoms with Crippen LogP contribution in [0.4, 0.5) is 0 Å². The molecule has 2 atom stereocenters. The molecule has 0 amide bonds. The fourth-order valence-corrected chi connectivity index (χ4v) is 7.14. The maximum absolute atomic E-state index is 2.49. The van der Waals surface area contributed by atoms with Crippen molar-refractivity contribution in [1.29, 1.82) is 0 Å². The molecule has 0 aromatic heterocycles. The molecule has 0 spiro atoms. The van der Waals surface area contributed by atoms with E-state index in [0.717, 1.165) is 11.8 Å². The van der Waals surface area contributed by atoms with E-state index in [9.17, 15) is 0 Å². The van der Waals surface area contributed by atoms with Crippen LogP contribution in [0.3, 0.4) is 0 Å². The highest BCUT2D eigenvalue weighted by molar-refractivity contribution is 6.60. The molecule has 0 bridgehead atoms. The molecular formula is C11H24Si. The van der Waals surface area contributed by atoms with Crippen molar-refractivity contribution in [3.05, 3.63) is 0 Å². The zero-order chi connectivity index (χ0) is 9.14. The maximum Gasteiger partial charge on any atom is 0.0399 e. The SMILES string of the molecule is CC[SiH](CC)C1C(C)CCC1C. The van der Waals surface area contributed by atoms with Gasteiger partial charge in [0, 0.05) is 8.80 Å². The van der Waals surface area contributed by atoms with Gasteiger partial charge in [0.1, 0.15) is 0 Å². The predicted octanol–water partition coefficient (Wildman–Crippen LogP) is 3.69. The molecule has 0 saturated heterocycles. The fraction of sp³-hybridized carbons (Fsp3) is 1.00. The summed E-state index contributed by atoms with van der Waals surface area (Å²) in [5.74, 6) is 2.10. The molecule has 1 rings (SSSR count). The van der Waals surface area contributed by atoms with Gasteiger partial charge in [-0.1, -0.05) is 52.6 Å². The molecule has 1 aliphatic carbocycles. The lowest BCUT2D eigenvalue weighted by molar-refractivity contribution is 0.539. The van der Waals surface area contributed by atoms with E-state index in [2.05, 4.69) is 27.7 Å². The van der Waals surface area contributed by atoms with Gasteiger partial charge in [0.25, 0.3) is 0 Å². The lowest BCUT2D eigenvalue weighted by atomic mass is 10.1. The predicted molar refractivity (Wildman–Crippen MR) is 59.4 cm³/mol. The Balaban J connectivity index is 2.57. The van der Waals surface area contributed by atoms with Gasteiger partial charge < -0.3 is 0 Å². The molecular weight excluding hydrogens is 160 g/mol. The minimum absolute atomic E-state index is 0.360. The summed E-state index contributed by atoms with van der Waals surface area (Å²) < 4.78 is 0. The van der Waals surface area contributed by atoms with Crippen molar-refractivity contribution in [3.8, 4) is 0 Å². The van der Waals surface area contributed by atoms with E-state index >= 15 is 0 Å². The molecule has 1 saturated carbocycles. The van der Waals surface area contributed by atoms with Gasteiger partial charge in [0.15, 0.2) is 0 Å². The first kappa shape index (κ1) is 10.3. The lowest BCUT2D eigenvalue weighted by Gasteiger charge is -2.27. The Labute approximate surface area is 79.4 Å². The van der Waals surface area contributed by atoms with E-state index in [-0.39, 0.29) is 8.80 Å². The molecule has 1 fully saturated rings. The van der Waals surface area contributed by atoms with Crippen molar-refractivity contribution >= 4 is 8.80 Å². The second-order valence-corrected chi connectivity index (χ2v) is 8.61. The highest BCUT2D eigenvalue weighted by Gasteiger charge is 2.34. The minimum atomic E-state index is -0.360. The van der Waals surface area contributed by atoms with Crippen LogP contribution in [0, 0.1) is 11.8 Å². The van der Waals surface area contributed by atoms with Crippen LogP contribution in [0.25, 0.3) is 0 Å². The van der Waals surface area contributed by atoms with Crippen molar-refractivity contribution < 1.29 is 0 Å². The molecule has 0 radical (unpaired) electrons. The first-order chi connectivity index (χ1) is 5.70. The molecule has 1 heteroatoms. The molecule has 1 aliphatic rings. The summed E-state index contributed by atoms with van der Waals surface area (Å²) in [4.78, 5) is 0. The molecule has 0 aliphatic heterocycles. The van der Waals surface area contributed by atoms with E-state index < -0.39 is 0 Å². The van der Waals surface area contributed by atoms with Crippen LogP contribution in [0.15, 0.2) is 0 Å².